The quantitative estimate of drug-likeness (QED) is 0.474. The van der Waals surface area contributed by atoms with E-state index in [1.54, 1.807) is 17.0 Å². The van der Waals surface area contributed by atoms with Gasteiger partial charge in [0.2, 0.25) is 11.8 Å². The van der Waals surface area contributed by atoms with Crippen molar-refractivity contribution < 1.29 is 14.5 Å². The summed E-state index contributed by atoms with van der Waals surface area (Å²) in [5, 5.41) is 14.1. The van der Waals surface area contributed by atoms with Crippen molar-refractivity contribution in [2.75, 3.05) is 0 Å². The summed E-state index contributed by atoms with van der Waals surface area (Å²) in [5.74, 6) is -0.361. The third kappa shape index (κ3) is 3.24. The third-order valence-corrected chi connectivity index (χ3v) is 5.64. The minimum absolute atomic E-state index is 0.0110. The van der Waals surface area contributed by atoms with E-state index in [1.807, 2.05) is 30.3 Å². The molecule has 4 rings (SSSR count). The topological polar surface area (TPSA) is 92.5 Å². The molecule has 2 aliphatic rings. The average Bonchev–Trinajstić information content (AvgIpc) is 3.15. The van der Waals surface area contributed by atoms with E-state index in [9.17, 15) is 19.7 Å². The number of hydrogen-bond donors (Lipinski definition) is 1. The molecule has 0 aromatic heterocycles. The first kappa shape index (κ1) is 18.2. The van der Waals surface area contributed by atoms with Crippen LogP contribution in [-0.2, 0) is 16.1 Å². The Morgan fingerprint density at radius 1 is 1.18 bits per heavy atom. The summed E-state index contributed by atoms with van der Waals surface area (Å²) in [7, 11) is 0. The molecule has 1 heterocycles. The summed E-state index contributed by atoms with van der Waals surface area (Å²) in [6.45, 7) is 0.335. The first-order chi connectivity index (χ1) is 13.6. The molecule has 3 atom stereocenters. The van der Waals surface area contributed by atoms with Crippen LogP contribution in [0.3, 0.4) is 0 Å². The molecule has 0 bridgehead atoms. The lowest BCUT2D eigenvalue weighted by atomic mass is 9.86. The number of non-ortho nitro benzene ring substituents is 1. The lowest BCUT2D eigenvalue weighted by Gasteiger charge is -2.47. The molecule has 144 valence electrons. The molecule has 7 heteroatoms. The van der Waals surface area contributed by atoms with Crippen LogP contribution in [0.4, 0.5) is 5.69 Å². The van der Waals surface area contributed by atoms with Gasteiger partial charge >= 0.3 is 0 Å². The molecular weight excluding hydrogens is 358 g/mol. The van der Waals surface area contributed by atoms with Gasteiger partial charge in [-0.05, 0) is 24.0 Å². The normalized spacial score (nSPS) is 21.6. The number of fused-ring (bicyclic) bond motifs is 1. The number of nitrogens with one attached hydrogen (secondary N) is 1. The van der Waals surface area contributed by atoms with Crippen LogP contribution >= 0.6 is 0 Å². The van der Waals surface area contributed by atoms with Gasteiger partial charge in [0.25, 0.3) is 5.69 Å². The molecule has 1 saturated carbocycles. The highest BCUT2D eigenvalue weighted by molar-refractivity contribution is 5.94. The van der Waals surface area contributed by atoms with Gasteiger partial charge in [0, 0.05) is 24.7 Å². The maximum Gasteiger partial charge on any atom is 0.269 e. The molecule has 1 unspecified atom stereocenters. The SMILES string of the molecule is O=C(NCc1ccccc1)C(c1cccc([N+](=O)[O-])c1)N1C(=O)[C@@H]2CCC[C@@H]21. The van der Waals surface area contributed by atoms with E-state index < -0.39 is 11.0 Å². The number of hydrogen-bond acceptors (Lipinski definition) is 4. The van der Waals surface area contributed by atoms with Crippen molar-refractivity contribution in [3.63, 3.8) is 0 Å². The fourth-order valence-corrected chi connectivity index (χ4v) is 4.28. The molecule has 2 fully saturated rings. The molecule has 0 spiro atoms. The Hall–Kier alpha value is -3.22. The van der Waals surface area contributed by atoms with Gasteiger partial charge < -0.3 is 10.2 Å². The minimum atomic E-state index is -0.851. The standard InChI is InChI=1S/C21H21N3O4/c25-20(22-13-14-6-2-1-3-7-14)19(15-8-4-9-16(12-15)24(27)28)23-18-11-5-10-17(18)21(23)26/h1-4,6-9,12,17-19H,5,10-11,13H2,(H,22,25)/t17-,18+,19?/m1/s1. The molecule has 28 heavy (non-hydrogen) atoms. The van der Waals surface area contributed by atoms with Crippen LogP contribution in [0.5, 0.6) is 0 Å². The summed E-state index contributed by atoms with van der Waals surface area (Å²) in [5.41, 5.74) is 1.33. The second-order valence-corrected chi connectivity index (χ2v) is 7.31. The lowest BCUT2D eigenvalue weighted by molar-refractivity contribution is -0.384. The smallest absolute Gasteiger partial charge is 0.269 e. The monoisotopic (exact) mass is 379 g/mol. The van der Waals surface area contributed by atoms with Crippen molar-refractivity contribution in [3.05, 3.63) is 75.8 Å². The Bertz CT molecular complexity index is 915. The van der Waals surface area contributed by atoms with E-state index in [2.05, 4.69) is 5.32 Å². The number of carbonyl (C=O) groups excluding carboxylic acids is 2. The van der Waals surface area contributed by atoms with Gasteiger partial charge in [0.05, 0.1) is 10.8 Å². The number of nitro groups is 1. The highest BCUT2D eigenvalue weighted by atomic mass is 16.6. The van der Waals surface area contributed by atoms with Crippen molar-refractivity contribution >= 4 is 17.5 Å². The molecule has 1 aliphatic heterocycles. The molecule has 1 N–H and O–H groups in total. The Kier molecular flexibility index (Phi) is 4.81. The van der Waals surface area contributed by atoms with E-state index in [0.717, 1.165) is 24.8 Å². The van der Waals surface area contributed by atoms with Crippen LogP contribution in [-0.4, -0.2) is 27.7 Å². The number of benzene rings is 2. The molecule has 2 aromatic carbocycles. The van der Waals surface area contributed by atoms with Gasteiger partial charge in [-0.25, -0.2) is 0 Å². The van der Waals surface area contributed by atoms with E-state index in [4.69, 9.17) is 0 Å². The maximum atomic E-state index is 13.1. The fourth-order valence-electron chi connectivity index (χ4n) is 4.28. The van der Waals surface area contributed by atoms with Gasteiger partial charge in [0.1, 0.15) is 6.04 Å². The summed E-state index contributed by atoms with van der Waals surface area (Å²) in [6, 6.07) is 14.7. The predicted molar refractivity (Wildman–Crippen MR) is 102 cm³/mol. The van der Waals surface area contributed by atoms with Crippen LogP contribution < -0.4 is 5.32 Å². The highest BCUT2D eigenvalue weighted by Gasteiger charge is 2.54. The second-order valence-electron chi connectivity index (χ2n) is 7.31. The number of carbonyl (C=O) groups is 2. The van der Waals surface area contributed by atoms with Crippen molar-refractivity contribution in [2.24, 2.45) is 5.92 Å². The Morgan fingerprint density at radius 3 is 2.71 bits per heavy atom. The van der Waals surface area contributed by atoms with E-state index >= 15 is 0 Å². The van der Waals surface area contributed by atoms with Gasteiger partial charge in [0.15, 0.2) is 0 Å². The number of nitro benzene ring substituents is 1. The summed E-state index contributed by atoms with van der Waals surface area (Å²) < 4.78 is 0. The van der Waals surface area contributed by atoms with Crippen molar-refractivity contribution in [1.82, 2.24) is 10.2 Å². The maximum absolute atomic E-state index is 13.1. The molecular formula is C21H21N3O4. The first-order valence-corrected chi connectivity index (χ1v) is 9.44. The van der Waals surface area contributed by atoms with Gasteiger partial charge in [-0.15, -0.1) is 0 Å². The van der Waals surface area contributed by atoms with Gasteiger partial charge in [-0.3, -0.25) is 19.7 Å². The Morgan fingerprint density at radius 2 is 1.96 bits per heavy atom. The minimum Gasteiger partial charge on any atom is -0.350 e. The molecule has 0 radical (unpaired) electrons. The average molecular weight is 379 g/mol. The second kappa shape index (κ2) is 7.42. The van der Waals surface area contributed by atoms with Crippen molar-refractivity contribution in [1.29, 1.82) is 0 Å². The fraction of sp³-hybridized carbons (Fsp3) is 0.333. The molecule has 1 saturated heterocycles. The number of β-lactam (4-membered cyclic amide) rings is 1. The molecule has 7 nitrogen and oxygen atoms in total. The van der Waals surface area contributed by atoms with Gasteiger partial charge in [-0.1, -0.05) is 48.9 Å². The lowest BCUT2D eigenvalue weighted by Crippen LogP contribution is -2.61. The third-order valence-electron chi connectivity index (χ3n) is 5.64. The number of nitrogens with zero attached hydrogens (tertiary/aromatic N) is 2. The first-order valence-electron chi connectivity index (χ1n) is 9.44. The summed E-state index contributed by atoms with van der Waals surface area (Å²) in [4.78, 5) is 38.1. The highest BCUT2D eigenvalue weighted by Crippen LogP contribution is 2.45. The summed E-state index contributed by atoms with van der Waals surface area (Å²) in [6.07, 6.45) is 2.69. The molecule has 1 aliphatic carbocycles. The predicted octanol–water partition coefficient (Wildman–Crippen LogP) is 2.96. The zero-order valence-corrected chi connectivity index (χ0v) is 15.3. The van der Waals surface area contributed by atoms with Crippen LogP contribution in [0, 0.1) is 16.0 Å². The van der Waals surface area contributed by atoms with Gasteiger partial charge in [-0.2, -0.15) is 0 Å². The Labute approximate surface area is 162 Å². The zero-order valence-electron chi connectivity index (χ0n) is 15.3. The molecule has 2 amide bonds. The number of rotatable bonds is 6. The van der Waals surface area contributed by atoms with Crippen LogP contribution in [0.2, 0.25) is 0 Å². The van der Waals surface area contributed by atoms with Crippen molar-refractivity contribution in [3.8, 4) is 0 Å². The van der Waals surface area contributed by atoms with E-state index in [0.29, 0.717) is 12.1 Å². The summed E-state index contributed by atoms with van der Waals surface area (Å²) >= 11 is 0. The number of likely N-dealkylation sites (tertiary alicyclic amines) is 1. The molecule has 2 aromatic rings. The van der Waals surface area contributed by atoms with E-state index in [1.165, 1.54) is 12.1 Å². The zero-order chi connectivity index (χ0) is 19.7. The number of amides is 2. The van der Waals surface area contributed by atoms with E-state index in [-0.39, 0.29) is 29.5 Å². The van der Waals surface area contributed by atoms with Crippen LogP contribution in [0.1, 0.15) is 36.4 Å². The van der Waals surface area contributed by atoms with Crippen molar-refractivity contribution in [2.45, 2.75) is 37.9 Å². The Balaban J connectivity index is 1.62. The van der Waals surface area contributed by atoms with Crippen LogP contribution in [0.25, 0.3) is 0 Å². The largest absolute Gasteiger partial charge is 0.350 e. The van der Waals surface area contributed by atoms with Crippen LogP contribution in [0.15, 0.2) is 54.6 Å².